The van der Waals surface area contributed by atoms with Crippen LogP contribution in [0.2, 0.25) is 0 Å². The number of benzene rings is 1. The minimum absolute atomic E-state index is 0.0762. The number of aryl methyl sites for hydroxylation is 1. The summed E-state index contributed by atoms with van der Waals surface area (Å²) >= 11 is 0. The van der Waals surface area contributed by atoms with Gasteiger partial charge in [0.05, 0.1) is 12.7 Å². The summed E-state index contributed by atoms with van der Waals surface area (Å²) in [5.41, 5.74) is 1.75. The molecule has 1 heterocycles. The third-order valence-corrected chi connectivity index (χ3v) is 2.68. The second kappa shape index (κ2) is 5.51. The molecule has 0 spiro atoms. The predicted octanol–water partition coefficient (Wildman–Crippen LogP) is 2.17. The molecule has 0 aliphatic rings. The topological polar surface area (TPSA) is 74.5 Å². The third-order valence-electron chi connectivity index (χ3n) is 2.68. The van der Waals surface area contributed by atoms with Crippen LogP contribution < -0.4 is 9.47 Å². The van der Waals surface area contributed by atoms with Crippen LogP contribution in [0.25, 0.3) is 0 Å². The summed E-state index contributed by atoms with van der Waals surface area (Å²) in [7, 11) is 1.55. The fourth-order valence-electron chi connectivity index (χ4n) is 1.57. The number of aromatic nitrogens is 2. The maximum atomic E-state index is 11.5. The van der Waals surface area contributed by atoms with E-state index in [2.05, 4.69) is 14.9 Å². The van der Waals surface area contributed by atoms with Gasteiger partial charge in [0.1, 0.15) is 29.5 Å². The third kappa shape index (κ3) is 2.90. The molecular weight excluding hydrogens is 248 g/mol. The normalized spacial score (nSPS) is 10.3. The lowest BCUT2D eigenvalue weighted by molar-refractivity contribution is 0.101. The molecule has 0 saturated carbocycles. The second-order valence-corrected chi connectivity index (χ2v) is 4.00. The smallest absolute Gasteiger partial charge is 0.163 e. The van der Waals surface area contributed by atoms with Crippen molar-refractivity contribution >= 4 is 5.78 Å². The van der Waals surface area contributed by atoms with Crippen LogP contribution in [0, 0.1) is 6.92 Å². The number of ketones is 1. The molecule has 0 fully saturated rings. The number of rotatable bonds is 5. The van der Waals surface area contributed by atoms with E-state index in [1.165, 1.54) is 6.92 Å². The first-order chi connectivity index (χ1) is 9.11. The van der Waals surface area contributed by atoms with E-state index in [0.717, 1.165) is 0 Å². The van der Waals surface area contributed by atoms with Gasteiger partial charge in [-0.15, -0.1) is 0 Å². The van der Waals surface area contributed by atoms with Crippen molar-refractivity contribution in [2.75, 3.05) is 7.11 Å². The summed E-state index contributed by atoms with van der Waals surface area (Å²) in [5, 5.41) is 7.38. The molecule has 0 saturated heterocycles. The number of nitrogens with zero attached hydrogens (tertiary/aromatic N) is 2. The number of Topliss-reactive ketones (excluding diaryl/α,β-unsaturated/α-hetero) is 1. The van der Waals surface area contributed by atoms with Gasteiger partial charge in [0, 0.05) is 6.07 Å². The summed E-state index contributed by atoms with van der Waals surface area (Å²) < 4.78 is 15.3. The maximum Gasteiger partial charge on any atom is 0.163 e. The van der Waals surface area contributed by atoms with Crippen LogP contribution in [-0.4, -0.2) is 23.2 Å². The van der Waals surface area contributed by atoms with Crippen molar-refractivity contribution in [3.8, 4) is 11.5 Å². The van der Waals surface area contributed by atoms with Gasteiger partial charge in [-0.25, -0.2) is 4.63 Å². The molecule has 0 aliphatic heterocycles. The summed E-state index contributed by atoms with van der Waals surface area (Å²) in [5.74, 6) is 0.997. The Labute approximate surface area is 110 Å². The van der Waals surface area contributed by atoms with E-state index >= 15 is 0 Å². The summed E-state index contributed by atoms with van der Waals surface area (Å²) in [6, 6.07) is 5.05. The van der Waals surface area contributed by atoms with Crippen molar-refractivity contribution in [1.29, 1.82) is 0 Å². The molecule has 2 rings (SSSR count). The fraction of sp³-hybridized carbons (Fsp3) is 0.308. The molecule has 0 bridgehead atoms. The van der Waals surface area contributed by atoms with Crippen molar-refractivity contribution in [2.45, 2.75) is 20.5 Å². The molecule has 0 N–H and O–H groups in total. The van der Waals surface area contributed by atoms with E-state index in [4.69, 9.17) is 9.47 Å². The van der Waals surface area contributed by atoms with Crippen LogP contribution in [0.15, 0.2) is 22.8 Å². The Morgan fingerprint density at radius 3 is 2.74 bits per heavy atom. The first kappa shape index (κ1) is 13.1. The van der Waals surface area contributed by atoms with Crippen LogP contribution in [0.3, 0.4) is 0 Å². The summed E-state index contributed by atoms with van der Waals surface area (Å²) in [6.45, 7) is 3.44. The number of methoxy groups -OCH3 is 1. The van der Waals surface area contributed by atoms with Gasteiger partial charge in [0.2, 0.25) is 0 Å². The average Bonchev–Trinajstić information content (AvgIpc) is 2.81. The summed E-state index contributed by atoms with van der Waals surface area (Å²) in [4.78, 5) is 11.5. The Morgan fingerprint density at radius 2 is 2.16 bits per heavy atom. The van der Waals surface area contributed by atoms with Gasteiger partial charge in [0.25, 0.3) is 0 Å². The predicted molar refractivity (Wildman–Crippen MR) is 66.4 cm³/mol. The molecule has 0 amide bonds. The number of hydrogen-bond donors (Lipinski definition) is 0. The molecule has 2 aromatic rings. The molecular formula is C13H14N2O4. The van der Waals surface area contributed by atoms with Crippen LogP contribution in [0.1, 0.15) is 28.7 Å². The zero-order valence-electron chi connectivity index (χ0n) is 11.0. The van der Waals surface area contributed by atoms with Crippen molar-refractivity contribution < 1.29 is 18.9 Å². The van der Waals surface area contributed by atoms with Gasteiger partial charge >= 0.3 is 0 Å². The quantitative estimate of drug-likeness (QED) is 0.769. The molecule has 0 unspecified atom stereocenters. The van der Waals surface area contributed by atoms with E-state index in [1.54, 1.807) is 32.2 Å². The highest BCUT2D eigenvalue weighted by Gasteiger charge is 2.12. The van der Waals surface area contributed by atoms with E-state index in [-0.39, 0.29) is 12.4 Å². The Balaban J connectivity index is 2.22. The van der Waals surface area contributed by atoms with Crippen LogP contribution in [0.5, 0.6) is 11.5 Å². The molecule has 0 radical (unpaired) electrons. The Morgan fingerprint density at radius 1 is 1.37 bits per heavy atom. The highest BCUT2D eigenvalue weighted by molar-refractivity contribution is 5.97. The molecule has 0 atom stereocenters. The number of carbonyl (C=O) groups excluding carboxylic acids is 1. The van der Waals surface area contributed by atoms with Crippen molar-refractivity contribution in [3.63, 3.8) is 0 Å². The highest BCUT2D eigenvalue weighted by atomic mass is 16.6. The number of ether oxygens (including phenoxy) is 2. The lowest BCUT2D eigenvalue weighted by atomic mass is 10.1. The second-order valence-electron chi connectivity index (χ2n) is 4.00. The van der Waals surface area contributed by atoms with Gasteiger partial charge in [-0.05, 0) is 26.0 Å². The van der Waals surface area contributed by atoms with E-state index < -0.39 is 0 Å². The molecule has 1 aromatic heterocycles. The lowest BCUT2D eigenvalue weighted by Gasteiger charge is -2.10. The zero-order valence-corrected chi connectivity index (χ0v) is 11.0. The van der Waals surface area contributed by atoms with E-state index in [1.807, 2.05) is 0 Å². The fourth-order valence-corrected chi connectivity index (χ4v) is 1.57. The number of carbonyl (C=O) groups is 1. The maximum absolute atomic E-state index is 11.5. The van der Waals surface area contributed by atoms with Gasteiger partial charge in [-0.2, -0.15) is 0 Å². The van der Waals surface area contributed by atoms with Gasteiger partial charge in [-0.3, -0.25) is 4.79 Å². The highest BCUT2D eigenvalue weighted by Crippen LogP contribution is 2.26. The molecule has 6 nitrogen and oxygen atoms in total. The number of hydrogen-bond acceptors (Lipinski definition) is 6. The largest absolute Gasteiger partial charge is 0.497 e. The van der Waals surface area contributed by atoms with E-state index in [0.29, 0.717) is 28.5 Å². The van der Waals surface area contributed by atoms with E-state index in [9.17, 15) is 4.79 Å². The van der Waals surface area contributed by atoms with Gasteiger partial charge in [0.15, 0.2) is 5.78 Å². The average molecular weight is 262 g/mol. The van der Waals surface area contributed by atoms with Crippen LogP contribution >= 0.6 is 0 Å². The molecule has 100 valence electrons. The van der Waals surface area contributed by atoms with Crippen molar-refractivity contribution in [2.24, 2.45) is 0 Å². The van der Waals surface area contributed by atoms with Gasteiger partial charge in [-0.1, -0.05) is 10.3 Å². The molecule has 0 aliphatic carbocycles. The summed E-state index contributed by atoms with van der Waals surface area (Å²) in [6.07, 6.45) is 0. The lowest BCUT2D eigenvalue weighted by Crippen LogP contribution is -2.03. The minimum Gasteiger partial charge on any atom is -0.497 e. The van der Waals surface area contributed by atoms with Crippen LogP contribution in [-0.2, 0) is 6.61 Å². The first-order valence-electron chi connectivity index (χ1n) is 5.71. The molecule has 6 heteroatoms. The minimum atomic E-state index is -0.0762. The Kier molecular flexibility index (Phi) is 3.79. The zero-order chi connectivity index (χ0) is 13.8. The van der Waals surface area contributed by atoms with Crippen molar-refractivity contribution in [1.82, 2.24) is 10.3 Å². The first-order valence-corrected chi connectivity index (χ1v) is 5.71. The standard InChI is InChI=1S/C13H14N2O4/c1-8-12(15-19-14-8)7-18-13-6-10(17-3)4-5-11(13)9(2)16/h4-6H,7H2,1-3H3. The molecule has 1 aromatic carbocycles. The van der Waals surface area contributed by atoms with Gasteiger partial charge < -0.3 is 9.47 Å². The Bertz CT molecular complexity index is 592. The molecule has 19 heavy (non-hydrogen) atoms. The van der Waals surface area contributed by atoms with Crippen molar-refractivity contribution in [3.05, 3.63) is 35.2 Å². The Hall–Kier alpha value is -2.37. The SMILES string of the molecule is COc1ccc(C(C)=O)c(OCc2nonc2C)c1. The monoisotopic (exact) mass is 262 g/mol. The van der Waals surface area contributed by atoms with Crippen LogP contribution in [0.4, 0.5) is 0 Å².